The maximum Gasteiger partial charge on any atom is 0.329 e. The Bertz CT molecular complexity index is 432. The number of nitrogens with one attached hydrogen (secondary N) is 1. The minimum atomic E-state index is -1.24. The van der Waals surface area contributed by atoms with Gasteiger partial charge in [0.1, 0.15) is 12.1 Å². The first-order valence-electron chi connectivity index (χ1n) is 6.14. The quantitative estimate of drug-likeness (QED) is 0.784. The molecule has 5 nitrogen and oxygen atoms in total. The predicted molar refractivity (Wildman–Crippen MR) is 70.6 cm³/mol. The largest absolute Gasteiger partial charge is 0.480 e. The molecule has 1 rings (SSSR count). The van der Waals surface area contributed by atoms with Crippen LogP contribution in [0.5, 0.6) is 0 Å². The molecular formula is C14H19NO4. The van der Waals surface area contributed by atoms with Gasteiger partial charge in [0.2, 0.25) is 5.91 Å². The first kappa shape index (κ1) is 15.2. The lowest BCUT2D eigenvalue weighted by molar-refractivity contribution is -0.147. The Morgan fingerprint density at radius 3 is 2.47 bits per heavy atom. The van der Waals surface area contributed by atoms with Crippen LogP contribution in [0, 0.1) is 0 Å². The molecule has 0 spiro atoms. The zero-order valence-electron chi connectivity index (χ0n) is 11.2. The molecule has 5 heteroatoms. The molecule has 0 aliphatic carbocycles. The van der Waals surface area contributed by atoms with Gasteiger partial charge in [0, 0.05) is 0 Å². The smallest absolute Gasteiger partial charge is 0.329 e. The van der Waals surface area contributed by atoms with Gasteiger partial charge in [0.05, 0.1) is 6.61 Å². The molecule has 0 aliphatic rings. The summed E-state index contributed by atoms with van der Waals surface area (Å²) >= 11 is 0. The average molecular weight is 265 g/mol. The lowest BCUT2D eigenvalue weighted by Crippen LogP contribution is -2.52. The molecule has 104 valence electrons. The van der Waals surface area contributed by atoms with Gasteiger partial charge in [-0.15, -0.1) is 0 Å². The topological polar surface area (TPSA) is 75.6 Å². The standard InChI is InChI=1S/C14H19NO4/c1-3-14(2,13(17)18)15-12(16)10-19-9-11-7-5-4-6-8-11/h4-8H,3,9-10H2,1-2H3,(H,15,16)(H,17,18). The van der Waals surface area contributed by atoms with E-state index in [1.807, 2.05) is 30.3 Å². The zero-order valence-corrected chi connectivity index (χ0v) is 11.2. The number of hydrogen-bond donors (Lipinski definition) is 2. The molecule has 0 fully saturated rings. The van der Waals surface area contributed by atoms with Gasteiger partial charge in [0.15, 0.2) is 0 Å². The molecule has 0 saturated heterocycles. The number of hydrogen-bond acceptors (Lipinski definition) is 3. The van der Waals surface area contributed by atoms with Gasteiger partial charge in [0.25, 0.3) is 0 Å². The lowest BCUT2D eigenvalue weighted by Gasteiger charge is -2.24. The summed E-state index contributed by atoms with van der Waals surface area (Å²) < 4.78 is 5.25. The van der Waals surface area contributed by atoms with E-state index < -0.39 is 17.4 Å². The van der Waals surface area contributed by atoms with E-state index in [9.17, 15) is 9.59 Å². The van der Waals surface area contributed by atoms with Crippen LogP contribution in [-0.4, -0.2) is 29.1 Å². The third kappa shape index (κ3) is 4.71. The van der Waals surface area contributed by atoms with E-state index in [2.05, 4.69) is 5.32 Å². The predicted octanol–water partition coefficient (Wildman–Crippen LogP) is 1.57. The number of benzene rings is 1. The number of carboxylic acid groups (broad SMARTS) is 1. The van der Waals surface area contributed by atoms with E-state index in [1.165, 1.54) is 6.92 Å². The summed E-state index contributed by atoms with van der Waals surface area (Å²) in [5.74, 6) is -1.48. The van der Waals surface area contributed by atoms with E-state index in [0.717, 1.165) is 5.56 Å². The molecule has 1 aromatic rings. The van der Waals surface area contributed by atoms with Gasteiger partial charge in [-0.1, -0.05) is 37.3 Å². The molecule has 1 atom stereocenters. The minimum Gasteiger partial charge on any atom is -0.480 e. The van der Waals surface area contributed by atoms with E-state index in [0.29, 0.717) is 13.0 Å². The second-order valence-electron chi connectivity index (χ2n) is 4.52. The summed E-state index contributed by atoms with van der Waals surface area (Å²) in [6, 6.07) is 9.46. The molecule has 1 aromatic carbocycles. The van der Waals surface area contributed by atoms with Gasteiger partial charge < -0.3 is 15.2 Å². The monoisotopic (exact) mass is 265 g/mol. The van der Waals surface area contributed by atoms with E-state index >= 15 is 0 Å². The summed E-state index contributed by atoms with van der Waals surface area (Å²) in [4.78, 5) is 22.6. The van der Waals surface area contributed by atoms with Crippen molar-refractivity contribution in [3.8, 4) is 0 Å². The van der Waals surface area contributed by atoms with Gasteiger partial charge in [-0.3, -0.25) is 4.79 Å². The highest BCUT2D eigenvalue weighted by atomic mass is 16.5. The zero-order chi connectivity index (χ0) is 14.3. The fourth-order valence-corrected chi connectivity index (χ4v) is 1.47. The van der Waals surface area contributed by atoms with Crippen molar-refractivity contribution in [2.45, 2.75) is 32.4 Å². The highest BCUT2D eigenvalue weighted by Gasteiger charge is 2.32. The van der Waals surface area contributed by atoms with Crippen LogP contribution in [0.25, 0.3) is 0 Å². The maximum absolute atomic E-state index is 11.6. The molecule has 19 heavy (non-hydrogen) atoms. The SMILES string of the molecule is CCC(C)(NC(=O)COCc1ccccc1)C(=O)O. The summed E-state index contributed by atoms with van der Waals surface area (Å²) in [6.07, 6.45) is 0.312. The lowest BCUT2D eigenvalue weighted by atomic mass is 9.99. The van der Waals surface area contributed by atoms with Crippen LogP contribution in [0.4, 0.5) is 0 Å². The molecule has 0 saturated carbocycles. The van der Waals surface area contributed by atoms with Crippen molar-refractivity contribution >= 4 is 11.9 Å². The fraction of sp³-hybridized carbons (Fsp3) is 0.429. The van der Waals surface area contributed by atoms with Crippen molar-refractivity contribution in [2.24, 2.45) is 0 Å². The maximum atomic E-state index is 11.6. The van der Waals surface area contributed by atoms with Crippen molar-refractivity contribution in [3.63, 3.8) is 0 Å². The normalized spacial score (nSPS) is 13.6. The van der Waals surface area contributed by atoms with E-state index in [-0.39, 0.29) is 6.61 Å². The Kier molecular flexibility index (Phi) is 5.51. The van der Waals surface area contributed by atoms with E-state index in [4.69, 9.17) is 9.84 Å². The second kappa shape index (κ2) is 6.89. The van der Waals surface area contributed by atoms with Crippen molar-refractivity contribution in [2.75, 3.05) is 6.61 Å². The molecule has 0 heterocycles. The average Bonchev–Trinajstić information content (AvgIpc) is 2.39. The van der Waals surface area contributed by atoms with Crippen LogP contribution in [0.15, 0.2) is 30.3 Å². The molecule has 1 amide bonds. The second-order valence-corrected chi connectivity index (χ2v) is 4.52. The number of carbonyl (C=O) groups excluding carboxylic acids is 1. The van der Waals surface area contributed by atoms with Crippen molar-refractivity contribution in [3.05, 3.63) is 35.9 Å². The Hall–Kier alpha value is -1.88. The number of ether oxygens (including phenoxy) is 1. The Balaban J connectivity index is 2.38. The number of aliphatic carboxylic acids is 1. The fourth-order valence-electron chi connectivity index (χ4n) is 1.47. The number of amides is 1. The number of rotatable bonds is 7. The molecular weight excluding hydrogens is 246 g/mol. The summed E-state index contributed by atoms with van der Waals surface area (Å²) in [5, 5.41) is 11.5. The van der Waals surface area contributed by atoms with E-state index in [1.54, 1.807) is 6.92 Å². The molecule has 0 aliphatic heterocycles. The van der Waals surface area contributed by atoms with Crippen LogP contribution in [-0.2, 0) is 20.9 Å². The third-order valence-electron chi connectivity index (χ3n) is 2.94. The number of carboxylic acids is 1. The first-order valence-corrected chi connectivity index (χ1v) is 6.14. The summed E-state index contributed by atoms with van der Waals surface area (Å²) in [7, 11) is 0. The molecule has 1 unspecified atom stereocenters. The molecule has 2 N–H and O–H groups in total. The van der Waals surface area contributed by atoms with Crippen molar-refractivity contribution in [1.82, 2.24) is 5.32 Å². The first-order chi connectivity index (χ1) is 8.98. The Labute approximate surface area is 112 Å². The van der Waals surface area contributed by atoms with Crippen LogP contribution >= 0.6 is 0 Å². The summed E-state index contributed by atoms with van der Waals surface area (Å²) in [6.45, 7) is 3.35. The van der Waals surface area contributed by atoms with Crippen LogP contribution in [0.1, 0.15) is 25.8 Å². The Morgan fingerprint density at radius 1 is 1.32 bits per heavy atom. The number of carbonyl (C=O) groups is 2. The van der Waals surface area contributed by atoms with Gasteiger partial charge in [-0.2, -0.15) is 0 Å². The highest BCUT2D eigenvalue weighted by molar-refractivity contribution is 5.87. The summed E-state index contributed by atoms with van der Waals surface area (Å²) in [5.41, 5.74) is -0.278. The third-order valence-corrected chi connectivity index (χ3v) is 2.94. The molecule has 0 radical (unpaired) electrons. The van der Waals surface area contributed by atoms with Crippen LogP contribution < -0.4 is 5.32 Å². The van der Waals surface area contributed by atoms with Crippen LogP contribution in [0.3, 0.4) is 0 Å². The van der Waals surface area contributed by atoms with Crippen molar-refractivity contribution in [1.29, 1.82) is 0 Å². The minimum absolute atomic E-state index is 0.155. The van der Waals surface area contributed by atoms with Gasteiger partial charge >= 0.3 is 5.97 Å². The van der Waals surface area contributed by atoms with Gasteiger partial charge in [-0.05, 0) is 18.9 Å². The molecule has 0 aromatic heterocycles. The molecule has 0 bridgehead atoms. The van der Waals surface area contributed by atoms with Crippen molar-refractivity contribution < 1.29 is 19.4 Å². The Morgan fingerprint density at radius 2 is 1.95 bits per heavy atom. The van der Waals surface area contributed by atoms with Crippen LogP contribution in [0.2, 0.25) is 0 Å². The van der Waals surface area contributed by atoms with Gasteiger partial charge in [-0.25, -0.2) is 4.79 Å². The highest BCUT2D eigenvalue weighted by Crippen LogP contribution is 2.09.